The van der Waals surface area contributed by atoms with Crippen molar-refractivity contribution in [2.75, 3.05) is 13.1 Å². The van der Waals surface area contributed by atoms with Crippen LogP contribution in [0, 0.1) is 0 Å². The summed E-state index contributed by atoms with van der Waals surface area (Å²) in [7, 11) is 0. The van der Waals surface area contributed by atoms with Crippen LogP contribution in [0.1, 0.15) is 19.4 Å². The summed E-state index contributed by atoms with van der Waals surface area (Å²) in [6.07, 6.45) is 3.61. The van der Waals surface area contributed by atoms with Gasteiger partial charge in [-0.3, -0.25) is 9.88 Å². The Labute approximate surface area is 89.7 Å². The van der Waals surface area contributed by atoms with Gasteiger partial charge in [-0.1, -0.05) is 13.8 Å². The van der Waals surface area contributed by atoms with Crippen LogP contribution in [-0.2, 0) is 6.54 Å². The van der Waals surface area contributed by atoms with Crippen molar-refractivity contribution >= 4 is 11.1 Å². The van der Waals surface area contributed by atoms with E-state index in [1.54, 1.807) is 6.26 Å². The van der Waals surface area contributed by atoms with E-state index in [0.29, 0.717) is 0 Å². The number of furan rings is 1. The van der Waals surface area contributed by atoms with Gasteiger partial charge in [0.15, 0.2) is 5.58 Å². The van der Waals surface area contributed by atoms with Crippen LogP contribution in [0.5, 0.6) is 0 Å². The van der Waals surface area contributed by atoms with Gasteiger partial charge < -0.3 is 4.42 Å². The topological polar surface area (TPSA) is 29.3 Å². The molecule has 0 fully saturated rings. The van der Waals surface area contributed by atoms with Crippen molar-refractivity contribution in [2.24, 2.45) is 0 Å². The summed E-state index contributed by atoms with van der Waals surface area (Å²) in [6, 6.07) is 3.96. The van der Waals surface area contributed by atoms with Crippen molar-refractivity contribution in [3.63, 3.8) is 0 Å². The second-order valence-electron chi connectivity index (χ2n) is 3.61. The SMILES string of the molecule is CCN(CC)Cc1cnc2ccoc2c1. The van der Waals surface area contributed by atoms with Gasteiger partial charge in [0, 0.05) is 18.8 Å². The molecule has 80 valence electrons. The van der Waals surface area contributed by atoms with E-state index >= 15 is 0 Å². The van der Waals surface area contributed by atoms with E-state index in [-0.39, 0.29) is 0 Å². The van der Waals surface area contributed by atoms with E-state index < -0.39 is 0 Å². The number of rotatable bonds is 4. The number of nitrogens with zero attached hydrogens (tertiary/aromatic N) is 2. The Morgan fingerprint density at radius 2 is 2.13 bits per heavy atom. The van der Waals surface area contributed by atoms with Gasteiger partial charge in [-0.2, -0.15) is 0 Å². The molecule has 0 radical (unpaired) electrons. The fourth-order valence-corrected chi connectivity index (χ4v) is 1.68. The summed E-state index contributed by atoms with van der Waals surface area (Å²) in [5.41, 5.74) is 3.01. The Bertz CT molecular complexity index is 432. The van der Waals surface area contributed by atoms with Crippen molar-refractivity contribution in [3.05, 3.63) is 30.2 Å². The van der Waals surface area contributed by atoms with Crippen molar-refractivity contribution in [1.82, 2.24) is 9.88 Å². The molecule has 0 aliphatic heterocycles. The monoisotopic (exact) mass is 204 g/mol. The predicted octanol–water partition coefficient (Wildman–Crippen LogP) is 2.67. The molecule has 2 aromatic rings. The molecular formula is C12H16N2O. The quantitative estimate of drug-likeness (QED) is 0.766. The third-order valence-corrected chi connectivity index (χ3v) is 2.66. The number of hydrogen-bond acceptors (Lipinski definition) is 3. The highest BCUT2D eigenvalue weighted by Gasteiger charge is 2.04. The Morgan fingerprint density at radius 1 is 1.33 bits per heavy atom. The first-order chi connectivity index (χ1) is 7.33. The molecule has 3 heteroatoms. The van der Waals surface area contributed by atoms with Gasteiger partial charge in [0.05, 0.1) is 6.26 Å². The molecular weight excluding hydrogens is 188 g/mol. The zero-order valence-electron chi connectivity index (χ0n) is 9.23. The molecule has 0 bridgehead atoms. The highest BCUT2D eigenvalue weighted by Crippen LogP contribution is 2.15. The highest BCUT2D eigenvalue weighted by atomic mass is 16.3. The minimum absolute atomic E-state index is 0.875. The molecule has 2 heterocycles. The maximum absolute atomic E-state index is 5.33. The molecule has 0 amide bonds. The zero-order valence-corrected chi connectivity index (χ0v) is 9.23. The fourth-order valence-electron chi connectivity index (χ4n) is 1.68. The molecule has 0 saturated heterocycles. The van der Waals surface area contributed by atoms with Crippen LogP contribution in [0.3, 0.4) is 0 Å². The lowest BCUT2D eigenvalue weighted by Gasteiger charge is -2.17. The molecule has 2 aromatic heterocycles. The summed E-state index contributed by atoms with van der Waals surface area (Å²) >= 11 is 0. The molecule has 0 unspecified atom stereocenters. The van der Waals surface area contributed by atoms with Crippen molar-refractivity contribution in [3.8, 4) is 0 Å². The smallest absolute Gasteiger partial charge is 0.152 e. The Hall–Kier alpha value is -1.35. The molecule has 0 saturated carbocycles. The molecule has 0 aliphatic rings. The molecule has 15 heavy (non-hydrogen) atoms. The second kappa shape index (κ2) is 4.45. The summed E-state index contributed by atoms with van der Waals surface area (Å²) in [4.78, 5) is 6.70. The maximum atomic E-state index is 5.33. The first kappa shape index (κ1) is 10.2. The maximum Gasteiger partial charge on any atom is 0.152 e. The van der Waals surface area contributed by atoms with E-state index in [1.165, 1.54) is 5.56 Å². The summed E-state index contributed by atoms with van der Waals surface area (Å²) in [5, 5.41) is 0. The van der Waals surface area contributed by atoms with Crippen LogP contribution >= 0.6 is 0 Å². The highest BCUT2D eigenvalue weighted by molar-refractivity contribution is 5.72. The van der Waals surface area contributed by atoms with E-state index in [2.05, 4.69) is 29.8 Å². The van der Waals surface area contributed by atoms with Gasteiger partial charge >= 0.3 is 0 Å². The average molecular weight is 204 g/mol. The number of fused-ring (bicyclic) bond motifs is 1. The van der Waals surface area contributed by atoms with Crippen LogP contribution < -0.4 is 0 Å². The minimum atomic E-state index is 0.875. The van der Waals surface area contributed by atoms with E-state index in [4.69, 9.17) is 4.42 Å². The van der Waals surface area contributed by atoms with Gasteiger partial charge in [0.25, 0.3) is 0 Å². The van der Waals surface area contributed by atoms with Crippen molar-refractivity contribution < 1.29 is 4.42 Å². The molecule has 2 rings (SSSR count). The fraction of sp³-hybridized carbons (Fsp3) is 0.417. The largest absolute Gasteiger partial charge is 0.463 e. The van der Waals surface area contributed by atoms with Gasteiger partial charge in [-0.05, 0) is 24.7 Å². The predicted molar refractivity (Wildman–Crippen MR) is 60.6 cm³/mol. The normalized spacial score (nSPS) is 11.4. The lowest BCUT2D eigenvalue weighted by atomic mass is 10.2. The van der Waals surface area contributed by atoms with E-state index in [0.717, 1.165) is 30.7 Å². The third-order valence-electron chi connectivity index (χ3n) is 2.66. The summed E-state index contributed by atoms with van der Waals surface area (Å²) in [5.74, 6) is 0. The second-order valence-corrected chi connectivity index (χ2v) is 3.61. The van der Waals surface area contributed by atoms with E-state index in [9.17, 15) is 0 Å². The first-order valence-electron chi connectivity index (χ1n) is 5.38. The van der Waals surface area contributed by atoms with Crippen LogP contribution in [0.2, 0.25) is 0 Å². The van der Waals surface area contributed by atoms with Crippen LogP contribution in [0.4, 0.5) is 0 Å². The van der Waals surface area contributed by atoms with Crippen molar-refractivity contribution in [2.45, 2.75) is 20.4 Å². The summed E-state index contributed by atoms with van der Waals surface area (Å²) < 4.78 is 5.33. The molecule has 0 aromatic carbocycles. The number of pyridine rings is 1. The molecule has 0 N–H and O–H groups in total. The van der Waals surface area contributed by atoms with Crippen molar-refractivity contribution in [1.29, 1.82) is 0 Å². The van der Waals surface area contributed by atoms with Gasteiger partial charge in [-0.15, -0.1) is 0 Å². The molecule has 0 spiro atoms. The Kier molecular flexibility index (Phi) is 3.02. The number of hydrogen-bond donors (Lipinski definition) is 0. The Balaban J connectivity index is 2.20. The van der Waals surface area contributed by atoms with E-state index in [1.807, 2.05) is 12.3 Å². The van der Waals surface area contributed by atoms with Crippen LogP contribution in [-0.4, -0.2) is 23.0 Å². The Morgan fingerprint density at radius 3 is 2.87 bits per heavy atom. The first-order valence-corrected chi connectivity index (χ1v) is 5.38. The third kappa shape index (κ3) is 2.18. The minimum Gasteiger partial charge on any atom is -0.463 e. The van der Waals surface area contributed by atoms with Gasteiger partial charge in [0.1, 0.15) is 5.52 Å². The number of aromatic nitrogens is 1. The molecule has 0 aliphatic carbocycles. The van der Waals surface area contributed by atoms with Crippen LogP contribution in [0.15, 0.2) is 29.0 Å². The van der Waals surface area contributed by atoms with Crippen LogP contribution in [0.25, 0.3) is 11.1 Å². The lowest BCUT2D eigenvalue weighted by molar-refractivity contribution is 0.295. The molecule has 3 nitrogen and oxygen atoms in total. The standard InChI is InChI=1S/C12H16N2O/c1-3-14(4-2)9-10-7-12-11(13-8-10)5-6-15-12/h5-8H,3-4,9H2,1-2H3. The lowest BCUT2D eigenvalue weighted by Crippen LogP contribution is -2.22. The van der Waals surface area contributed by atoms with Gasteiger partial charge in [-0.25, -0.2) is 0 Å². The zero-order chi connectivity index (χ0) is 10.7. The average Bonchev–Trinajstić information content (AvgIpc) is 2.73. The molecule has 0 atom stereocenters. The van der Waals surface area contributed by atoms with Gasteiger partial charge in [0.2, 0.25) is 0 Å². The summed E-state index contributed by atoms with van der Waals surface area (Å²) in [6.45, 7) is 7.40.